The Morgan fingerprint density at radius 1 is 1.31 bits per heavy atom. The fraction of sp³-hybridized carbons (Fsp3) is 0.714. The van der Waals surface area contributed by atoms with Crippen molar-refractivity contribution in [2.45, 2.75) is 24.9 Å². The van der Waals surface area contributed by atoms with E-state index in [-0.39, 0.29) is 42.3 Å². The number of halogens is 1. The minimum Gasteiger partial charge on any atom is -0.328 e. The van der Waals surface area contributed by atoms with Gasteiger partial charge in [-0.2, -0.15) is 0 Å². The Hall–Kier alpha value is -0.810. The fourth-order valence-electron chi connectivity index (χ4n) is 1.75. The average Bonchev–Trinajstić information content (AvgIpc) is 2.23. The third-order valence-corrected chi connectivity index (χ3v) is 2.49. The number of nitrogens with two attached hydrogens (primary N) is 1. The number of amides is 3. The summed E-state index contributed by atoms with van der Waals surface area (Å²) in [6.07, 6.45) is 1.66. The topological polar surface area (TPSA) is 84.2 Å². The normalized spacial score (nSPS) is 37.2. The van der Waals surface area contributed by atoms with Crippen LogP contribution in [0.25, 0.3) is 0 Å². The lowest BCUT2D eigenvalue weighted by molar-refractivity contribution is -0.122. The third kappa shape index (κ3) is 1.76. The molecule has 2 fully saturated rings. The highest BCUT2D eigenvalue weighted by Crippen LogP contribution is 2.29. The Balaban J connectivity index is 0.000000845. The molecule has 0 radical (unpaired) electrons. The summed E-state index contributed by atoms with van der Waals surface area (Å²) in [5.41, 5.74) is 5.57. The van der Waals surface area contributed by atoms with Crippen molar-refractivity contribution in [3.63, 3.8) is 0 Å². The van der Waals surface area contributed by atoms with Gasteiger partial charge in [0.2, 0.25) is 0 Å². The lowest BCUT2D eigenvalue weighted by atomic mass is 9.76. The first-order chi connectivity index (χ1) is 5.66. The first kappa shape index (κ1) is 10.3. The maximum atomic E-state index is 11.1. The van der Waals surface area contributed by atoms with Crippen LogP contribution in [-0.2, 0) is 4.79 Å². The molecule has 1 aliphatic heterocycles. The molecule has 13 heavy (non-hydrogen) atoms. The predicted octanol–water partition coefficient (Wildman–Crippen LogP) is -0.647. The van der Waals surface area contributed by atoms with Gasteiger partial charge in [-0.3, -0.25) is 10.1 Å². The van der Waals surface area contributed by atoms with Gasteiger partial charge < -0.3 is 11.1 Å². The molecule has 3 amide bonds. The molecule has 0 spiro atoms. The van der Waals surface area contributed by atoms with Crippen LogP contribution in [0.3, 0.4) is 0 Å². The summed E-state index contributed by atoms with van der Waals surface area (Å²) in [4.78, 5) is 21.8. The van der Waals surface area contributed by atoms with Crippen LogP contribution in [0.5, 0.6) is 0 Å². The van der Waals surface area contributed by atoms with Gasteiger partial charge in [-0.15, -0.1) is 12.4 Å². The van der Waals surface area contributed by atoms with E-state index in [4.69, 9.17) is 5.73 Å². The van der Waals surface area contributed by atoms with Crippen molar-refractivity contribution in [2.24, 2.45) is 11.7 Å². The lowest BCUT2D eigenvalue weighted by Gasteiger charge is -2.35. The second kappa shape index (κ2) is 3.51. The molecule has 1 saturated heterocycles. The van der Waals surface area contributed by atoms with E-state index in [0.29, 0.717) is 0 Å². The zero-order chi connectivity index (χ0) is 8.72. The molecule has 0 bridgehead atoms. The summed E-state index contributed by atoms with van der Waals surface area (Å²) in [5.74, 6) is 0.0309. The van der Waals surface area contributed by atoms with Crippen LogP contribution in [-0.4, -0.2) is 24.0 Å². The van der Waals surface area contributed by atoms with Gasteiger partial charge in [-0.05, 0) is 18.8 Å². The maximum absolute atomic E-state index is 11.1. The zero-order valence-corrected chi connectivity index (χ0v) is 7.76. The van der Waals surface area contributed by atoms with Crippen molar-refractivity contribution in [2.75, 3.05) is 0 Å². The predicted molar refractivity (Wildman–Crippen MR) is 48.4 cm³/mol. The third-order valence-electron chi connectivity index (χ3n) is 2.49. The van der Waals surface area contributed by atoms with E-state index >= 15 is 0 Å². The van der Waals surface area contributed by atoms with E-state index in [2.05, 4.69) is 10.6 Å². The van der Waals surface area contributed by atoms with Crippen LogP contribution in [0.4, 0.5) is 4.79 Å². The highest BCUT2D eigenvalue weighted by molar-refractivity contribution is 6.04. The van der Waals surface area contributed by atoms with Gasteiger partial charge in [0.25, 0.3) is 5.91 Å². The molecule has 4 N–H and O–H groups in total. The molecule has 1 aliphatic carbocycles. The molecule has 6 heteroatoms. The summed E-state index contributed by atoms with van der Waals surface area (Å²) in [5, 5.41) is 4.77. The Bertz CT molecular complexity index is 240. The molecule has 1 unspecified atom stereocenters. The Morgan fingerprint density at radius 2 is 1.92 bits per heavy atom. The van der Waals surface area contributed by atoms with Crippen LogP contribution in [0.15, 0.2) is 0 Å². The number of hydrogen-bond donors (Lipinski definition) is 3. The number of nitrogens with one attached hydrogen (secondary N) is 2. The molecule has 2 aliphatic rings. The highest BCUT2D eigenvalue weighted by atomic mass is 35.5. The van der Waals surface area contributed by atoms with Crippen molar-refractivity contribution in [1.82, 2.24) is 10.6 Å². The molecule has 0 aromatic rings. The molecule has 2 rings (SSSR count). The molecule has 5 nitrogen and oxygen atoms in total. The summed E-state index contributed by atoms with van der Waals surface area (Å²) >= 11 is 0. The molecule has 0 aromatic heterocycles. The highest BCUT2D eigenvalue weighted by Gasteiger charge is 2.41. The lowest BCUT2D eigenvalue weighted by Crippen LogP contribution is -2.48. The SMILES string of the molecule is Cl.NC1CC(C2NC(=O)NC2=O)C1. The molecule has 74 valence electrons. The number of urea groups is 1. The van der Waals surface area contributed by atoms with Gasteiger partial charge in [0.05, 0.1) is 0 Å². The van der Waals surface area contributed by atoms with Crippen LogP contribution >= 0.6 is 12.4 Å². The van der Waals surface area contributed by atoms with E-state index in [9.17, 15) is 9.59 Å². The van der Waals surface area contributed by atoms with Crippen molar-refractivity contribution >= 4 is 24.3 Å². The minimum absolute atomic E-state index is 0. The van der Waals surface area contributed by atoms with Crippen LogP contribution < -0.4 is 16.4 Å². The summed E-state index contributed by atoms with van der Waals surface area (Å²) in [7, 11) is 0. The minimum atomic E-state index is -0.384. The second-order valence-electron chi connectivity index (χ2n) is 3.43. The summed E-state index contributed by atoms with van der Waals surface area (Å²) in [6.45, 7) is 0. The Kier molecular flexibility index (Phi) is 2.77. The van der Waals surface area contributed by atoms with E-state index in [1.165, 1.54) is 0 Å². The smallest absolute Gasteiger partial charge is 0.322 e. The van der Waals surface area contributed by atoms with Gasteiger partial charge in [-0.1, -0.05) is 0 Å². The number of carbonyl (C=O) groups excluding carboxylic acids is 2. The Morgan fingerprint density at radius 3 is 2.31 bits per heavy atom. The number of rotatable bonds is 1. The zero-order valence-electron chi connectivity index (χ0n) is 6.95. The average molecular weight is 206 g/mol. The second-order valence-corrected chi connectivity index (χ2v) is 3.43. The Labute approximate surface area is 81.8 Å². The van der Waals surface area contributed by atoms with Crippen molar-refractivity contribution in [3.8, 4) is 0 Å². The summed E-state index contributed by atoms with van der Waals surface area (Å²) < 4.78 is 0. The van der Waals surface area contributed by atoms with Crippen LogP contribution in [0, 0.1) is 5.92 Å². The van der Waals surface area contributed by atoms with E-state index < -0.39 is 0 Å². The molecule has 1 saturated carbocycles. The van der Waals surface area contributed by atoms with Crippen molar-refractivity contribution in [3.05, 3.63) is 0 Å². The molecule has 1 heterocycles. The van der Waals surface area contributed by atoms with Gasteiger partial charge in [0.1, 0.15) is 6.04 Å². The van der Waals surface area contributed by atoms with Gasteiger partial charge in [-0.25, -0.2) is 4.79 Å². The molecular weight excluding hydrogens is 194 g/mol. The summed E-state index contributed by atoms with van der Waals surface area (Å²) in [6, 6.07) is -0.511. The first-order valence-corrected chi connectivity index (χ1v) is 4.04. The first-order valence-electron chi connectivity index (χ1n) is 4.04. The number of carbonyl (C=O) groups is 2. The van der Waals surface area contributed by atoms with Crippen LogP contribution in [0.1, 0.15) is 12.8 Å². The monoisotopic (exact) mass is 205 g/mol. The van der Waals surface area contributed by atoms with Crippen LogP contribution in [0.2, 0.25) is 0 Å². The molecular formula is C7H12ClN3O2. The van der Waals surface area contributed by atoms with Gasteiger partial charge in [0, 0.05) is 6.04 Å². The van der Waals surface area contributed by atoms with Crippen molar-refractivity contribution in [1.29, 1.82) is 0 Å². The quantitative estimate of drug-likeness (QED) is 0.498. The maximum Gasteiger partial charge on any atom is 0.322 e. The van der Waals surface area contributed by atoms with E-state index in [0.717, 1.165) is 12.8 Å². The van der Waals surface area contributed by atoms with Gasteiger partial charge in [0.15, 0.2) is 0 Å². The van der Waals surface area contributed by atoms with Gasteiger partial charge >= 0.3 is 6.03 Å². The number of hydrogen-bond acceptors (Lipinski definition) is 3. The number of imide groups is 1. The fourth-order valence-corrected chi connectivity index (χ4v) is 1.75. The largest absolute Gasteiger partial charge is 0.328 e. The van der Waals surface area contributed by atoms with E-state index in [1.54, 1.807) is 0 Å². The molecule has 1 atom stereocenters. The van der Waals surface area contributed by atoms with Crippen molar-refractivity contribution < 1.29 is 9.59 Å². The van der Waals surface area contributed by atoms with E-state index in [1.807, 2.05) is 0 Å². The standard InChI is InChI=1S/C7H11N3O2.ClH/c8-4-1-3(2-4)5-6(11)10-7(12)9-5;/h3-5H,1-2,8H2,(H2,9,10,11,12);1H. The molecule has 0 aromatic carbocycles.